The van der Waals surface area contributed by atoms with Crippen molar-refractivity contribution in [2.75, 3.05) is 5.75 Å². The van der Waals surface area contributed by atoms with Gasteiger partial charge in [-0.3, -0.25) is 9.00 Å². The van der Waals surface area contributed by atoms with Gasteiger partial charge in [-0.1, -0.05) is 312 Å². The molecule has 0 N–H and O–H groups in total. The maximum Gasteiger partial charge on any atom is 0.154 e. The second-order valence-corrected chi connectivity index (χ2v) is 54.6. The molecule has 0 fully saturated rings. The number of carbonyl (C=O) groups is 1. The van der Waals surface area contributed by atoms with Crippen LogP contribution in [0.25, 0.3) is 0 Å². The van der Waals surface area contributed by atoms with Gasteiger partial charge in [0.15, 0.2) is 19.7 Å². The van der Waals surface area contributed by atoms with E-state index in [4.69, 9.17) is 9.47 Å². The van der Waals surface area contributed by atoms with E-state index in [0.717, 1.165) is 74.8 Å². The maximum atomic E-state index is 11.1. The summed E-state index contributed by atoms with van der Waals surface area (Å²) in [4.78, 5) is 11.0. The van der Waals surface area contributed by atoms with Crippen molar-refractivity contribution in [1.29, 1.82) is 0 Å². The van der Waals surface area contributed by atoms with Gasteiger partial charge in [-0.05, 0) is 207 Å². The zero-order chi connectivity index (χ0) is 88.9. The second-order valence-electron chi connectivity index (χ2n) is 39.7. The molecule has 0 aliphatic heterocycles. The Hall–Kier alpha value is 0.690. The van der Waals surface area contributed by atoms with Crippen LogP contribution in [0.2, 0.25) is 0 Å². The van der Waals surface area contributed by atoms with Gasteiger partial charge in [0.2, 0.25) is 0 Å². The fourth-order valence-corrected chi connectivity index (χ4v) is 16.2. The quantitative estimate of drug-likeness (QED) is 0.0683. The molecule has 0 saturated carbocycles. The summed E-state index contributed by atoms with van der Waals surface area (Å²) in [5.74, 6) is 8.73. The summed E-state index contributed by atoms with van der Waals surface area (Å²) >= 11 is 6.14. The number of carbonyl (C=O) groups excluding carboxylic acids is 1. The van der Waals surface area contributed by atoms with Crippen LogP contribution in [0.1, 0.15) is 428 Å². The monoisotopic (exact) mass is 1650 g/mol. The second kappa shape index (κ2) is 70.9. The topological polar surface area (TPSA) is 121 Å². The SMILES string of the molecule is C.CC(C)C(C)(C)C(C)C.CC(C)CC(=O)C(C)C.CC(C)CC(C)(C)C(C)C.CC(C)CC(C)C.CC(C)CS(=O)(=O)C(C)C.CC(C)OC(C)(C)C(C)C.CC(C)OC(C)C.CC(C)S(=O)(=O)C(C)C.CC(C)S(=O)C(C)C.CC(C)SC(C)(C)C(C)C.CC(C)SC(C)(C)C(C)C.CC(C)SC(C)C. The van der Waals surface area contributed by atoms with Crippen LogP contribution >= 0.6 is 35.3 Å². The smallest absolute Gasteiger partial charge is 0.154 e. The Labute approximate surface area is 698 Å². The van der Waals surface area contributed by atoms with Crippen LogP contribution in [0, 0.1) is 81.8 Å². The fourth-order valence-electron chi connectivity index (χ4n) is 8.60. The summed E-state index contributed by atoms with van der Waals surface area (Å²) in [7, 11) is -6.24. The summed E-state index contributed by atoms with van der Waals surface area (Å²) in [6.45, 7) is 124. The van der Waals surface area contributed by atoms with Crippen LogP contribution in [0.15, 0.2) is 0 Å². The maximum absolute atomic E-state index is 11.1. The van der Waals surface area contributed by atoms with Gasteiger partial charge in [0.1, 0.15) is 5.78 Å². The Bertz CT molecular complexity index is 1980. The van der Waals surface area contributed by atoms with Gasteiger partial charge < -0.3 is 9.47 Å². The minimum absolute atomic E-state index is 0. The fraction of sp³-hybridized carbons (Fsp3) is 0.989. The Morgan fingerprint density at radius 1 is 0.364 bits per heavy atom. The lowest BCUT2D eigenvalue weighted by atomic mass is 9.72. The molecule has 107 heavy (non-hydrogen) atoms. The van der Waals surface area contributed by atoms with Crippen molar-refractivity contribution in [2.45, 2.75) is 509 Å². The van der Waals surface area contributed by atoms with Gasteiger partial charge in [-0.2, -0.15) is 35.3 Å². The molecule has 0 aromatic heterocycles. The average Bonchev–Trinajstić information content (AvgIpc) is 0.899. The van der Waals surface area contributed by atoms with E-state index in [-0.39, 0.29) is 40.6 Å². The van der Waals surface area contributed by atoms with Crippen LogP contribution in [-0.4, -0.2) is 113 Å². The first-order valence-corrected chi connectivity index (χ1v) is 49.6. The van der Waals surface area contributed by atoms with E-state index < -0.39 is 30.5 Å². The molecule has 0 atom stereocenters. The van der Waals surface area contributed by atoms with E-state index in [1.165, 1.54) is 12.8 Å². The molecule has 0 aliphatic carbocycles. The van der Waals surface area contributed by atoms with Crippen LogP contribution in [0.4, 0.5) is 0 Å². The minimum Gasteiger partial charge on any atom is -0.376 e. The highest BCUT2D eigenvalue weighted by molar-refractivity contribution is 8.01. The van der Waals surface area contributed by atoms with Crippen molar-refractivity contribution in [3.8, 4) is 0 Å². The predicted octanol–water partition coefficient (Wildman–Crippen LogP) is 31.2. The van der Waals surface area contributed by atoms with Crippen molar-refractivity contribution >= 4 is 71.5 Å². The molecule has 666 valence electrons. The number of thioether (sulfide) groups is 3. The third kappa shape index (κ3) is 101. The lowest BCUT2D eigenvalue weighted by molar-refractivity contribution is -0.122. The van der Waals surface area contributed by atoms with Crippen molar-refractivity contribution in [3.05, 3.63) is 0 Å². The van der Waals surface area contributed by atoms with Gasteiger partial charge in [0.05, 0.1) is 45.4 Å². The van der Waals surface area contributed by atoms with Gasteiger partial charge in [0.25, 0.3) is 0 Å². The summed E-state index contributed by atoms with van der Waals surface area (Å²) in [5.41, 5.74) is 1.04. The van der Waals surface area contributed by atoms with E-state index >= 15 is 0 Å². The lowest BCUT2D eigenvalue weighted by Gasteiger charge is -2.33. The minimum atomic E-state index is -2.81. The van der Waals surface area contributed by atoms with Gasteiger partial charge >= 0.3 is 0 Å². The molecule has 0 unspecified atom stereocenters. The molecule has 0 heterocycles. The lowest BCUT2D eigenvalue weighted by Crippen LogP contribution is -2.33. The highest BCUT2D eigenvalue weighted by Gasteiger charge is 2.28. The Kier molecular flexibility index (Phi) is 90.5. The molecule has 0 spiro atoms. The van der Waals surface area contributed by atoms with Crippen LogP contribution in [0.3, 0.4) is 0 Å². The molecule has 0 amide bonds. The molecular formula is C93H210O8S6. The van der Waals surface area contributed by atoms with E-state index in [9.17, 15) is 25.8 Å². The third-order valence-electron chi connectivity index (χ3n) is 18.1. The molecule has 0 radical (unpaired) electrons. The highest BCUT2D eigenvalue weighted by atomic mass is 32.2. The summed E-state index contributed by atoms with van der Waals surface area (Å²) in [5, 5.41) is 3.00. The average molecular weight is 1650 g/mol. The summed E-state index contributed by atoms with van der Waals surface area (Å²) in [6, 6.07) is 0. The molecular weight excluding hydrogens is 1440 g/mol. The van der Waals surface area contributed by atoms with E-state index in [2.05, 4.69) is 300 Å². The number of ether oxygens (including phenoxy) is 2. The Morgan fingerprint density at radius 2 is 0.664 bits per heavy atom. The van der Waals surface area contributed by atoms with Gasteiger partial charge in [0, 0.05) is 43.1 Å². The molecule has 0 aliphatic rings. The van der Waals surface area contributed by atoms with E-state index in [1.807, 2.05) is 94.8 Å². The summed E-state index contributed by atoms with van der Waals surface area (Å²) < 4.78 is 67.1. The zero-order valence-electron chi connectivity index (χ0n) is 83.4. The number of ketones is 1. The van der Waals surface area contributed by atoms with E-state index in [0.29, 0.717) is 72.5 Å². The molecule has 0 rings (SSSR count). The van der Waals surface area contributed by atoms with Crippen molar-refractivity contribution in [2.24, 2.45) is 81.8 Å². The Balaban J connectivity index is -0.0000000820. The Morgan fingerprint density at radius 3 is 0.710 bits per heavy atom. The highest BCUT2D eigenvalue weighted by Crippen LogP contribution is 2.37. The van der Waals surface area contributed by atoms with Crippen molar-refractivity contribution < 1.29 is 35.3 Å². The largest absolute Gasteiger partial charge is 0.376 e. The number of sulfone groups is 2. The van der Waals surface area contributed by atoms with Crippen molar-refractivity contribution in [1.82, 2.24) is 0 Å². The van der Waals surface area contributed by atoms with Crippen LogP contribution in [-0.2, 0) is 44.7 Å². The van der Waals surface area contributed by atoms with Gasteiger partial charge in [-0.25, -0.2) is 16.8 Å². The number of hydrogen-bond donors (Lipinski definition) is 0. The molecule has 0 aromatic rings. The van der Waals surface area contributed by atoms with E-state index in [1.54, 1.807) is 41.5 Å². The van der Waals surface area contributed by atoms with Crippen molar-refractivity contribution in [3.63, 3.8) is 0 Å². The molecule has 8 nitrogen and oxygen atoms in total. The zero-order valence-corrected chi connectivity index (χ0v) is 88.3. The number of Topliss-reactive ketones (excluding diaryl/α,β-unsaturated/α-hetero) is 1. The normalized spacial score (nSPS) is 12.4. The molecule has 0 bridgehead atoms. The predicted molar refractivity (Wildman–Crippen MR) is 511 cm³/mol. The standard InChI is InChI=1S/C10H22.C9H20O.2C9H20S.C9H20.C8H16O.C7H16O2S.C7H16.C6H14O2S.C6H14OS.C6H14O.C6H14S.CH4/c1-8(2)7-10(5,6)9(3)4;3*1-7(2)9(5,6)10-8(3)4;1-7(2)9(5,6)8(3)4;1-6(2)5-8(9)7(3)4;1-6(2)5-10(8,9)7(3)4;1-6(2)5-7(3)4;1-5(2)9(7,8)6(3)4;1-5(2)8(7)6(3)4;2*1-5(2)7-6(3)4;/h8-9H,7H2,1-6H3;3*7-8H,1-6H3;7-8H,1-6H3;6-7H,5H2,1-4H3;6-7H,5H2,1-4H3;6-7H,5H2,1-4H3;5-6H,1-4H3;5-6H,1-4H3;2*5-6H,1-4H3;1H4. The first-order chi connectivity index (χ1) is 46.5. The molecule has 0 saturated heterocycles. The first-order valence-electron chi connectivity index (χ1n) is 42.2. The van der Waals surface area contributed by atoms with Crippen LogP contribution in [0.5, 0.6) is 0 Å². The van der Waals surface area contributed by atoms with Crippen LogP contribution < -0.4 is 0 Å². The summed E-state index contributed by atoms with van der Waals surface area (Å²) in [6.07, 6.45) is 4.51. The number of rotatable bonds is 30. The van der Waals surface area contributed by atoms with Gasteiger partial charge in [-0.15, -0.1) is 0 Å². The third-order valence-corrected chi connectivity index (χ3v) is 29.3. The number of hydrogen-bond acceptors (Lipinski definition) is 11. The molecule has 0 aromatic carbocycles. The first kappa shape index (κ1) is 137. The molecule has 14 heteroatoms.